The molecule has 0 saturated carbocycles. The van der Waals surface area contributed by atoms with Gasteiger partial charge in [0.25, 0.3) is 0 Å². The predicted molar refractivity (Wildman–Crippen MR) is 139 cm³/mol. The monoisotopic (exact) mass is 539 g/mol. The molecule has 7 nitrogen and oxygen atoms in total. The Labute approximate surface area is 224 Å². The number of methoxy groups -OCH3 is 2. The van der Waals surface area contributed by atoms with Crippen LogP contribution in [0.1, 0.15) is 36.4 Å². The van der Waals surface area contributed by atoms with Crippen LogP contribution >= 0.6 is 0 Å². The van der Waals surface area contributed by atoms with Gasteiger partial charge in [-0.15, -0.1) is 0 Å². The van der Waals surface area contributed by atoms with Crippen LogP contribution in [-0.2, 0) is 9.53 Å². The highest BCUT2D eigenvalue weighted by atomic mass is 19.2. The quantitative estimate of drug-likeness (QED) is 0.165. The molecule has 0 spiro atoms. The summed E-state index contributed by atoms with van der Waals surface area (Å²) < 4.78 is 51.1. The van der Waals surface area contributed by atoms with Gasteiger partial charge in [-0.3, -0.25) is 14.7 Å². The summed E-state index contributed by atoms with van der Waals surface area (Å²) in [6.07, 6.45) is 3.28. The third kappa shape index (κ3) is 6.55. The van der Waals surface area contributed by atoms with Crippen molar-refractivity contribution < 1.29 is 27.4 Å². The number of nitroso groups, excluding NO2 is 1. The number of esters is 1. The predicted octanol–water partition coefficient (Wildman–Crippen LogP) is 5.41. The Morgan fingerprint density at radius 3 is 2.77 bits per heavy atom. The second kappa shape index (κ2) is 12.7. The molecular weight excluding hydrogens is 511 g/mol. The largest absolute Gasteiger partial charge is 0.497 e. The van der Waals surface area contributed by atoms with E-state index in [-0.39, 0.29) is 24.0 Å². The first-order valence-electron chi connectivity index (χ1n) is 12.5. The van der Waals surface area contributed by atoms with E-state index >= 15 is 0 Å². The van der Waals surface area contributed by atoms with Gasteiger partial charge in [0.15, 0.2) is 11.6 Å². The number of rotatable bonds is 8. The fraction of sp³-hybridized carbons (Fsp3) is 0.379. The second-order valence-electron chi connectivity index (χ2n) is 9.45. The van der Waals surface area contributed by atoms with Crippen LogP contribution in [-0.4, -0.2) is 49.7 Å². The molecule has 1 unspecified atom stereocenters. The third-order valence-electron chi connectivity index (χ3n) is 7.14. The maximum atomic E-state index is 13.9. The van der Waals surface area contributed by atoms with Gasteiger partial charge in [0.05, 0.1) is 37.8 Å². The van der Waals surface area contributed by atoms with E-state index < -0.39 is 29.4 Å². The molecule has 0 radical (unpaired) electrons. The van der Waals surface area contributed by atoms with E-state index in [1.54, 1.807) is 25.4 Å². The summed E-state index contributed by atoms with van der Waals surface area (Å²) in [5.41, 5.74) is 1.11. The van der Waals surface area contributed by atoms with Crippen molar-refractivity contribution >= 4 is 16.9 Å². The van der Waals surface area contributed by atoms with Gasteiger partial charge in [0.2, 0.25) is 0 Å². The van der Waals surface area contributed by atoms with Crippen molar-refractivity contribution in [2.75, 3.05) is 33.9 Å². The lowest BCUT2D eigenvalue weighted by Crippen LogP contribution is -2.44. The summed E-state index contributed by atoms with van der Waals surface area (Å²) in [4.78, 5) is 30.8. The average molecular weight is 540 g/mol. The molecule has 0 aliphatic carbocycles. The number of pyridine rings is 1. The topological polar surface area (TPSA) is 81.1 Å². The fourth-order valence-corrected chi connectivity index (χ4v) is 5.07. The van der Waals surface area contributed by atoms with E-state index in [4.69, 9.17) is 9.47 Å². The van der Waals surface area contributed by atoms with E-state index in [0.717, 1.165) is 22.5 Å². The van der Waals surface area contributed by atoms with Crippen LogP contribution in [0.25, 0.3) is 10.9 Å². The van der Waals surface area contributed by atoms with Crippen LogP contribution in [0.5, 0.6) is 5.75 Å². The first-order valence-corrected chi connectivity index (χ1v) is 12.5. The zero-order valence-corrected chi connectivity index (χ0v) is 21.6. The first kappa shape index (κ1) is 28.0. The molecule has 204 valence electrons. The van der Waals surface area contributed by atoms with Crippen molar-refractivity contribution in [3.8, 4) is 17.6 Å². The van der Waals surface area contributed by atoms with Gasteiger partial charge in [-0.1, -0.05) is 17.0 Å². The number of aromatic nitrogens is 1. The van der Waals surface area contributed by atoms with E-state index in [9.17, 15) is 22.9 Å². The molecule has 0 N–H and O–H groups in total. The first-order chi connectivity index (χ1) is 18.8. The average Bonchev–Trinajstić information content (AvgIpc) is 2.95. The van der Waals surface area contributed by atoms with Gasteiger partial charge >= 0.3 is 5.97 Å². The zero-order chi connectivity index (χ0) is 27.9. The molecule has 2 heterocycles. The van der Waals surface area contributed by atoms with E-state index in [1.807, 2.05) is 17.0 Å². The van der Waals surface area contributed by atoms with Crippen molar-refractivity contribution in [1.29, 1.82) is 0 Å². The van der Waals surface area contributed by atoms with E-state index in [1.165, 1.54) is 7.11 Å². The smallest absolute Gasteiger partial charge is 0.310 e. The van der Waals surface area contributed by atoms with Crippen molar-refractivity contribution in [2.24, 2.45) is 17.0 Å². The second-order valence-corrected chi connectivity index (χ2v) is 9.45. The molecule has 4 rings (SSSR count). The van der Waals surface area contributed by atoms with Crippen LogP contribution in [0.4, 0.5) is 13.2 Å². The number of ether oxygens (including phenoxy) is 2. The summed E-state index contributed by atoms with van der Waals surface area (Å²) in [5, 5.41) is 4.18. The zero-order valence-electron chi connectivity index (χ0n) is 21.6. The molecule has 1 aromatic heterocycles. The van der Waals surface area contributed by atoms with Crippen molar-refractivity contribution in [3.63, 3.8) is 0 Å². The number of likely N-dealkylation sites (tertiary alicyclic amines) is 1. The minimum absolute atomic E-state index is 0.0525. The van der Waals surface area contributed by atoms with Crippen LogP contribution in [0.2, 0.25) is 0 Å². The Bertz CT molecular complexity index is 1420. The van der Waals surface area contributed by atoms with Crippen LogP contribution in [0, 0.1) is 46.0 Å². The normalized spacial score (nSPS) is 18.2. The maximum absolute atomic E-state index is 13.9. The van der Waals surface area contributed by atoms with Gasteiger partial charge in [-0.05, 0) is 67.6 Å². The van der Waals surface area contributed by atoms with Crippen molar-refractivity contribution in [1.82, 2.24) is 9.88 Å². The Kier molecular flexibility index (Phi) is 9.15. The molecule has 1 saturated heterocycles. The number of carbonyl (C=O) groups excluding carboxylic acids is 1. The lowest BCUT2D eigenvalue weighted by atomic mass is 9.81. The third-order valence-corrected chi connectivity index (χ3v) is 7.14. The number of halogens is 3. The Balaban J connectivity index is 1.44. The van der Waals surface area contributed by atoms with Gasteiger partial charge in [0, 0.05) is 24.2 Å². The summed E-state index contributed by atoms with van der Waals surface area (Å²) in [6.45, 7) is 1.13. The van der Waals surface area contributed by atoms with E-state index in [2.05, 4.69) is 22.0 Å². The highest BCUT2D eigenvalue weighted by Crippen LogP contribution is 2.35. The Morgan fingerprint density at radius 2 is 2.03 bits per heavy atom. The highest BCUT2D eigenvalue weighted by Gasteiger charge is 2.35. The van der Waals surface area contributed by atoms with Crippen LogP contribution < -0.4 is 4.74 Å². The number of benzene rings is 2. The molecule has 10 heteroatoms. The summed E-state index contributed by atoms with van der Waals surface area (Å²) in [7, 11) is 2.89. The Hall–Kier alpha value is -3.97. The van der Waals surface area contributed by atoms with Gasteiger partial charge in [0.1, 0.15) is 17.6 Å². The maximum Gasteiger partial charge on any atom is 0.310 e. The molecular formula is C29H28F3N3O4. The number of hydrogen-bond acceptors (Lipinski definition) is 7. The van der Waals surface area contributed by atoms with Crippen LogP contribution in [0.15, 0.2) is 47.8 Å². The SMILES string of the molecule is COC(=O)[C@H]1CN(CC#Cc2cc(F)cc(F)c2F)CC[C@H]1CCC(N=O)c1ccnc2ccc(OC)cc12. The number of nitrogens with zero attached hydrogens (tertiary/aromatic N) is 3. The Morgan fingerprint density at radius 1 is 1.21 bits per heavy atom. The lowest BCUT2D eigenvalue weighted by Gasteiger charge is -2.36. The highest BCUT2D eigenvalue weighted by molar-refractivity contribution is 5.84. The molecule has 1 fully saturated rings. The van der Waals surface area contributed by atoms with Gasteiger partial charge in [-0.25, -0.2) is 13.2 Å². The summed E-state index contributed by atoms with van der Waals surface area (Å²) in [5.74, 6) is 1.57. The minimum Gasteiger partial charge on any atom is -0.497 e. The standard InChI is InChI=1S/C29H28F3N3O4/c1-38-21-6-8-26-23(16-21)22(9-11-33-26)27(34-37)7-5-18-10-13-35(17-24(18)29(36)39-2)12-3-4-19-14-20(30)15-25(31)28(19)32/h6,8-9,11,14-16,18,24,27H,5,7,10,12-13,17H2,1-2H3/t18-,24+,27?/m1/s1. The van der Waals surface area contributed by atoms with Gasteiger partial charge in [-0.2, -0.15) is 4.91 Å². The molecule has 0 amide bonds. The van der Waals surface area contributed by atoms with E-state index in [0.29, 0.717) is 44.2 Å². The molecule has 3 aromatic rings. The van der Waals surface area contributed by atoms with Crippen molar-refractivity contribution in [2.45, 2.75) is 25.3 Å². The lowest BCUT2D eigenvalue weighted by molar-refractivity contribution is -0.149. The number of hydrogen-bond donors (Lipinski definition) is 0. The molecule has 1 aliphatic rings. The summed E-state index contributed by atoms with van der Waals surface area (Å²) in [6, 6.07) is 7.90. The number of carbonyl (C=O) groups is 1. The molecule has 39 heavy (non-hydrogen) atoms. The van der Waals surface area contributed by atoms with Crippen LogP contribution in [0.3, 0.4) is 0 Å². The number of piperidine rings is 1. The summed E-state index contributed by atoms with van der Waals surface area (Å²) >= 11 is 0. The molecule has 3 atom stereocenters. The molecule has 2 aromatic carbocycles. The molecule has 0 bridgehead atoms. The minimum atomic E-state index is -1.30. The van der Waals surface area contributed by atoms with Gasteiger partial charge < -0.3 is 9.47 Å². The molecule has 1 aliphatic heterocycles. The van der Waals surface area contributed by atoms with Crippen molar-refractivity contribution in [3.05, 3.63) is 76.1 Å². The fourth-order valence-electron chi connectivity index (χ4n) is 5.07. The number of fused-ring (bicyclic) bond motifs is 1.